The number of ether oxygens (including phenoxy) is 1. The molecular weight excluding hydrogens is 349 g/mol. The molecule has 0 radical (unpaired) electrons. The van der Waals surface area contributed by atoms with Crippen molar-refractivity contribution in [2.75, 3.05) is 5.32 Å². The molecule has 0 atom stereocenters. The van der Waals surface area contributed by atoms with Crippen LogP contribution in [0.15, 0.2) is 65.3 Å². The fourth-order valence-corrected chi connectivity index (χ4v) is 2.40. The number of hydrogen-bond donors (Lipinski definition) is 1. The monoisotopic (exact) mass is 361 g/mol. The molecule has 0 unspecified atom stereocenters. The van der Waals surface area contributed by atoms with Crippen molar-refractivity contribution in [2.45, 2.75) is 6.61 Å². The van der Waals surface area contributed by atoms with E-state index in [2.05, 4.69) is 5.32 Å². The Hall–Kier alpha value is -2.43. The van der Waals surface area contributed by atoms with Crippen LogP contribution in [-0.4, -0.2) is 5.91 Å². The van der Waals surface area contributed by atoms with Gasteiger partial charge in [-0.1, -0.05) is 41.4 Å². The van der Waals surface area contributed by atoms with Gasteiger partial charge in [0.05, 0.1) is 22.0 Å². The molecule has 0 aliphatic rings. The number of anilines is 1. The van der Waals surface area contributed by atoms with Gasteiger partial charge in [0, 0.05) is 0 Å². The topological polar surface area (TPSA) is 51.5 Å². The number of furan rings is 1. The fraction of sp³-hybridized carbons (Fsp3) is 0.0556. The van der Waals surface area contributed by atoms with Crippen LogP contribution in [0.1, 0.15) is 16.1 Å². The summed E-state index contributed by atoms with van der Waals surface area (Å²) in [6.45, 7) is 0.296. The second-order valence-electron chi connectivity index (χ2n) is 4.96. The Kier molecular flexibility index (Phi) is 5.08. The average Bonchev–Trinajstić information content (AvgIpc) is 3.12. The number of amides is 1. The summed E-state index contributed by atoms with van der Waals surface area (Å²) < 4.78 is 10.9. The summed E-state index contributed by atoms with van der Waals surface area (Å²) in [5.74, 6) is 0.434. The lowest BCUT2D eigenvalue weighted by Gasteiger charge is -2.12. The maximum Gasteiger partial charge on any atom is 0.291 e. The van der Waals surface area contributed by atoms with Crippen LogP contribution < -0.4 is 10.1 Å². The Morgan fingerprint density at radius 2 is 1.88 bits per heavy atom. The van der Waals surface area contributed by atoms with Gasteiger partial charge in [-0.2, -0.15) is 0 Å². The van der Waals surface area contributed by atoms with Gasteiger partial charge in [0.15, 0.2) is 5.76 Å². The molecule has 3 aromatic rings. The molecule has 24 heavy (non-hydrogen) atoms. The number of hydrogen-bond acceptors (Lipinski definition) is 3. The molecule has 1 N–H and O–H groups in total. The van der Waals surface area contributed by atoms with Gasteiger partial charge in [0.25, 0.3) is 5.91 Å². The predicted octanol–water partition coefficient (Wildman–Crippen LogP) is 5.42. The highest BCUT2D eigenvalue weighted by atomic mass is 35.5. The van der Waals surface area contributed by atoms with Gasteiger partial charge in [0.1, 0.15) is 12.4 Å². The second-order valence-corrected chi connectivity index (χ2v) is 5.78. The number of rotatable bonds is 5. The number of benzene rings is 2. The zero-order valence-corrected chi connectivity index (χ0v) is 14.0. The minimum atomic E-state index is -0.342. The molecule has 0 saturated heterocycles. The summed E-state index contributed by atoms with van der Waals surface area (Å²) in [6, 6.07) is 15.7. The third kappa shape index (κ3) is 3.91. The van der Waals surface area contributed by atoms with E-state index in [-0.39, 0.29) is 11.7 Å². The van der Waals surface area contributed by atoms with E-state index in [1.54, 1.807) is 36.4 Å². The number of para-hydroxylation sites is 2. The Balaban J connectivity index is 1.72. The van der Waals surface area contributed by atoms with Crippen LogP contribution in [0.25, 0.3) is 0 Å². The molecule has 0 saturated carbocycles. The molecule has 0 fully saturated rings. The lowest BCUT2D eigenvalue weighted by molar-refractivity contribution is 0.0996. The quantitative estimate of drug-likeness (QED) is 0.660. The van der Waals surface area contributed by atoms with Crippen molar-refractivity contribution in [2.24, 2.45) is 0 Å². The zero-order chi connectivity index (χ0) is 16.9. The molecule has 0 aliphatic carbocycles. The molecule has 0 spiro atoms. The van der Waals surface area contributed by atoms with Gasteiger partial charge in [-0.25, -0.2) is 0 Å². The van der Waals surface area contributed by atoms with Crippen molar-refractivity contribution in [3.05, 3.63) is 82.2 Å². The SMILES string of the molecule is O=C(Nc1ccccc1OCc1ccc(Cl)c(Cl)c1)c1ccco1. The Labute approximate surface area is 149 Å². The highest BCUT2D eigenvalue weighted by Crippen LogP contribution is 2.27. The standard InChI is InChI=1S/C18H13Cl2NO3/c19-13-8-7-12(10-14(13)20)11-24-16-5-2-1-4-15(16)21-18(22)17-6-3-9-23-17/h1-10H,11H2,(H,21,22). The Morgan fingerprint density at radius 1 is 1.04 bits per heavy atom. The van der Waals surface area contributed by atoms with Gasteiger partial charge in [-0.05, 0) is 42.0 Å². The summed E-state index contributed by atoms with van der Waals surface area (Å²) in [4.78, 5) is 12.1. The van der Waals surface area contributed by atoms with E-state index in [1.165, 1.54) is 6.26 Å². The first-order chi connectivity index (χ1) is 11.6. The number of nitrogens with one attached hydrogen (secondary N) is 1. The molecule has 3 rings (SSSR count). The first kappa shape index (κ1) is 16.4. The predicted molar refractivity (Wildman–Crippen MR) is 93.9 cm³/mol. The first-order valence-electron chi connectivity index (χ1n) is 7.14. The van der Waals surface area contributed by atoms with Crippen molar-refractivity contribution in [3.63, 3.8) is 0 Å². The Bertz CT molecular complexity index is 847. The van der Waals surface area contributed by atoms with E-state index >= 15 is 0 Å². The second kappa shape index (κ2) is 7.43. The largest absolute Gasteiger partial charge is 0.487 e. The van der Waals surface area contributed by atoms with Crippen LogP contribution in [0.3, 0.4) is 0 Å². The summed E-state index contributed by atoms with van der Waals surface area (Å²) in [5, 5.41) is 3.73. The van der Waals surface area contributed by atoms with Crippen molar-refractivity contribution in [1.29, 1.82) is 0 Å². The third-order valence-corrected chi connectivity index (χ3v) is 4.00. The first-order valence-corrected chi connectivity index (χ1v) is 7.89. The van der Waals surface area contributed by atoms with E-state index in [0.717, 1.165) is 5.56 Å². The number of carbonyl (C=O) groups excluding carboxylic acids is 1. The van der Waals surface area contributed by atoms with Gasteiger partial charge in [-0.15, -0.1) is 0 Å². The fourth-order valence-electron chi connectivity index (χ4n) is 2.08. The molecular formula is C18H13Cl2NO3. The number of carbonyl (C=O) groups is 1. The highest BCUT2D eigenvalue weighted by molar-refractivity contribution is 6.42. The van der Waals surface area contributed by atoms with Crippen LogP contribution in [0, 0.1) is 0 Å². The summed E-state index contributed by atoms with van der Waals surface area (Å²) >= 11 is 11.9. The van der Waals surface area contributed by atoms with Crippen LogP contribution >= 0.6 is 23.2 Å². The van der Waals surface area contributed by atoms with E-state index in [1.807, 2.05) is 18.2 Å². The molecule has 6 heteroatoms. The van der Waals surface area contributed by atoms with Crippen molar-refractivity contribution in [1.82, 2.24) is 0 Å². The van der Waals surface area contributed by atoms with Crippen LogP contribution in [0.5, 0.6) is 5.75 Å². The normalized spacial score (nSPS) is 10.4. The van der Waals surface area contributed by atoms with Gasteiger partial charge in [-0.3, -0.25) is 4.79 Å². The minimum absolute atomic E-state index is 0.231. The molecule has 1 amide bonds. The summed E-state index contributed by atoms with van der Waals surface area (Å²) in [7, 11) is 0. The molecule has 1 aromatic heterocycles. The lowest BCUT2D eigenvalue weighted by atomic mass is 10.2. The van der Waals surface area contributed by atoms with E-state index in [4.69, 9.17) is 32.4 Å². The maximum absolute atomic E-state index is 12.1. The van der Waals surface area contributed by atoms with Crippen molar-refractivity contribution in [3.8, 4) is 5.75 Å². The van der Waals surface area contributed by atoms with Crippen LogP contribution in [-0.2, 0) is 6.61 Å². The smallest absolute Gasteiger partial charge is 0.291 e. The van der Waals surface area contributed by atoms with Gasteiger partial charge >= 0.3 is 0 Å². The van der Waals surface area contributed by atoms with Crippen LogP contribution in [0.2, 0.25) is 10.0 Å². The van der Waals surface area contributed by atoms with Crippen molar-refractivity contribution < 1.29 is 13.9 Å². The molecule has 0 bridgehead atoms. The lowest BCUT2D eigenvalue weighted by Crippen LogP contribution is -2.12. The van der Waals surface area contributed by atoms with Crippen molar-refractivity contribution >= 4 is 34.8 Å². The Morgan fingerprint density at radius 3 is 2.62 bits per heavy atom. The molecule has 1 heterocycles. The van der Waals surface area contributed by atoms with Gasteiger partial charge < -0.3 is 14.5 Å². The number of halogens is 2. The molecule has 4 nitrogen and oxygen atoms in total. The summed E-state index contributed by atoms with van der Waals surface area (Å²) in [6.07, 6.45) is 1.45. The molecule has 0 aliphatic heterocycles. The summed E-state index contributed by atoms with van der Waals surface area (Å²) in [5.41, 5.74) is 1.43. The van der Waals surface area contributed by atoms with E-state index in [9.17, 15) is 4.79 Å². The molecule has 122 valence electrons. The zero-order valence-electron chi connectivity index (χ0n) is 12.5. The average molecular weight is 362 g/mol. The highest BCUT2D eigenvalue weighted by Gasteiger charge is 2.12. The minimum Gasteiger partial charge on any atom is -0.487 e. The maximum atomic E-state index is 12.1. The van der Waals surface area contributed by atoms with E-state index < -0.39 is 0 Å². The van der Waals surface area contributed by atoms with E-state index in [0.29, 0.717) is 28.1 Å². The third-order valence-electron chi connectivity index (χ3n) is 3.26. The van der Waals surface area contributed by atoms with Crippen LogP contribution in [0.4, 0.5) is 5.69 Å². The van der Waals surface area contributed by atoms with Gasteiger partial charge in [0.2, 0.25) is 0 Å². The molecule has 2 aromatic carbocycles.